The van der Waals surface area contributed by atoms with Gasteiger partial charge in [0.05, 0.1) is 5.56 Å². The van der Waals surface area contributed by atoms with Crippen molar-refractivity contribution in [1.29, 1.82) is 0 Å². The summed E-state index contributed by atoms with van der Waals surface area (Å²) in [5.74, 6) is -3.27. The van der Waals surface area contributed by atoms with Crippen molar-refractivity contribution in [2.24, 2.45) is 11.7 Å². The van der Waals surface area contributed by atoms with E-state index >= 15 is 0 Å². The highest BCUT2D eigenvalue weighted by atomic mass is 19.1. The average Bonchev–Trinajstić information content (AvgIpc) is 2.72. The first-order valence-corrected chi connectivity index (χ1v) is 9.92. The Morgan fingerprint density at radius 2 is 1.72 bits per heavy atom. The third-order valence-corrected chi connectivity index (χ3v) is 4.61. The third kappa shape index (κ3) is 6.16. The Kier molecular flexibility index (Phi) is 8.11. The van der Waals surface area contributed by atoms with Gasteiger partial charge in [-0.1, -0.05) is 13.8 Å². The maximum absolute atomic E-state index is 13.1. The van der Waals surface area contributed by atoms with E-state index in [0.717, 1.165) is 6.20 Å². The van der Waals surface area contributed by atoms with Crippen LogP contribution in [0.1, 0.15) is 48.5 Å². The van der Waals surface area contributed by atoms with E-state index in [-0.39, 0.29) is 11.5 Å². The van der Waals surface area contributed by atoms with Crippen LogP contribution >= 0.6 is 0 Å². The SMILES string of the molecule is CC(C)C(Oc1ccc(F)cc1)C(C)OC(=O)[C@H](C)NC(=O)c1nccc(C(N)=O)c1O. The molecule has 1 heterocycles. The van der Waals surface area contributed by atoms with Gasteiger partial charge < -0.3 is 25.6 Å². The Balaban J connectivity index is 2.03. The smallest absolute Gasteiger partial charge is 0.328 e. The molecule has 1 aromatic carbocycles. The van der Waals surface area contributed by atoms with Gasteiger partial charge in [0.1, 0.15) is 29.8 Å². The fourth-order valence-electron chi connectivity index (χ4n) is 2.94. The second kappa shape index (κ2) is 10.6. The van der Waals surface area contributed by atoms with Gasteiger partial charge in [0.15, 0.2) is 11.4 Å². The van der Waals surface area contributed by atoms with Crippen LogP contribution in [-0.4, -0.2) is 46.1 Å². The number of benzene rings is 1. The summed E-state index contributed by atoms with van der Waals surface area (Å²) in [4.78, 5) is 40.0. The van der Waals surface area contributed by atoms with E-state index in [2.05, 4.69) is 10.3 Å². The monoisotopic (exact) mass is 447 g/mol. The molecule has 2 amide bonds. The molecular formula is C22H26FN3O6. The van der Waals surface area contributed by atoms with Gasteiger partial charge in [-0.2, -0.15) is 0 Å². The summed E-state index contributed by atoms with van der Waals surface area (Å²) in [6.45, 7) is 6.80. The Labute approximate surface area is 184 Å². The number of nitrogens with two attached hydrogens (primary N) is 1. The predicted molar refractivity (Wildman–Crippen MR) is 113 cm³/mol. The highest BCUT2D eigenvalue weighted by molar-refractivity contribution is 6.02. The van der Waals surface area contributed by atoms with Crippen molar-refractivity contribution in [3.8, 4) is 11.5 Å². The summed E-state index contributed by atoms with van der Waals surface area (Å²) < 4.78 is 24.4. The van der Waals surface area contributed by atoms with Crippen LogP contribution in [0.2, 0.25) is 0 Å². The molecule has 10 heteroatoms. The molecule has 0 aliphatic carbocycles. The number of nitrogens with one attached hydrogen (secondary N) is 1. The van der Waals surface area contributed by atoms with Crippen molar-refractivity contribution in [3.63, 3.8) is 0 Å². The molecule has 0 aliphatic heterocycles. The van der Waals surface area contributed by atoms with Gasteiger partial charge in [-0.05, 0) is 50.1 Å². The minimum atomic E-state index is -1.10. The molecule has 2 unspecified atom stereocenters. The highest BCUT2D eigenvalue weighted by Gasteiger charge is 2.29. The van der Waals surface area contributed by atoms with Crippen molar-refractivity contribution in [2.45, 2.75) is 45.9 Å². The molecule has 2 rings (SSSR count). The lowest BCUT2D eigenvalue weighted by molar-refractivity contribution is -0.155. The van der Waals surface area contributed by atoms with Crippen molar-refractivity contribution in [1.82, 2.24) is 10.3 Å². The predicted octanol–water partition coefficient (Wildman–Crippen LogP) is 2.18. The first-order valence-electron chi connectivity index (χ1n) is 9.92. The second-order valence-electron chi connectivity index (χ2n) is 7.54. The lowest BCUT2D eigenvalue weighted by atomic mass is 10.0. The first-order chi connectivity index (χ1) is 15.0. The molecule has 2 aromatic rings. The third-order valence-electron chi connectivity index (χ3n) is 4.61. The number of ether oxygens (including phenoxy) is 2. The van der Waals surface area contributed by atoms with Crippen molar-refractivity contribution in [2.75, 3.05) is 0 Å². The summed E-state index contributed by atoms with van der Waals surface area (Å²) in [5.41, 5.74) is 4.42. The van der Waals surface area contributed by atoms with Crippen LogP contribution in [0.4, 0.5) is 4.39 Å². The molecule has 0 saturated carbocycles. The van der Waals surface area contributed by atoms with Gasteiger partial charge >= 0.3 is 5.97 Å². The van der Waals surface area contributed by atoms with Gasteiger partial charge in [0.25, 0.3) is 11.8 Å². The molecule has 3 atom stereocenters. The van der Waals surface area contributed by atoms with Crippen LogP contribution in [0.25, 0.3) is 0 Å². The number of amides is 2. The lowest BCUT2D eigenvalue weighted by Gasteiger charge is -2.29. The topological polar surface area (TPSA) is 141 Å². The molecule has 0 saturated heterocycles. The maximum Gasteiger partial charge on any atom is 0.328 e. The van der Waals surface area contributed by atoms with E-state index in [4.69, 9.17) is 15.2 Å². The van der Waals surface area contributed by atoms with E-state index < -0.39 is 53.3 Å². The number of rotatable bonds is 9. The standard InChI is InChI=1S/C22H26FN3O6/c1-11(2)19(32-15-7-5-14(23)6-8-15)13(4)31-22(30)12(3)26-21(29)17-18(27)16(20(24)28)9-10-25-17/h5-13,19,27H,1-4H3,(H2,24,28)(H,26,29)/t12-,13?,19?/m0/s1. The summed E-state index contributed by atoms with van der Waals surface area (Å²) >= 11 is 0. The quantitative estimate of drug-likeness (QED) is 0.500. The molecule has 0 aliphatic rings. The number of hydrogen-bond donors (Lipinski definition) is 3. The molecule has 9 nitrogen and oxygen atoms in total. The number of primary amides is 1. The molecule has 0 fully saturated rings. The maximum atomic E-state index is 13.1. The molecule has 0 spiro atoms. The zero-order valence-corrected chi connectivity index (χ0v) is 18.2. The first kappa shape index (κ1) is 24.6. The zero-order chi connectivity index (χ0) is 24.0. The Hall–Kier alpha value is -3.69. The number of carbonyl (C=O) groups excluding carboxylic acids is 3. The number of esters is 1. The van der Waals surface area contributed by atoms with Crippen molar-refractivity contribution < 1.29 is 33.4 Å². The zero-order valence-electron chi connectivity index (χ0n) is 18.2. The van der Waals surface area contributed by atoms with Crippen LogP contribution < -0.4 is 15.8 Å². The van der Waals surface area contributed by atoms with E-state index in [1.165, 1.54) is 37.3 Å². The number of pyridine rings is 1. The number of hydrogen-bond acceptors (Lipinski definition) is 7. The Morgan fingerprint density at radius 3 is 2.28 bits per heavy atom. The normalized spacial score (nSPS) is 13.7. The van der Waals surface area contributed by atoms with E-state index in [0.29, 0.717) is 5.75 Å². The lowest BCUT2D eigenvalue weighted by Crippen LogP contribution is -2.44. The molecule has 172 valence electrons. The van der Waals surface area contributed by atoms with Crippen molar-refractivity contribution >= 4 is 17.8 Å². The van der Waals surface area contributed by atoms with Gasteiger partial charge in [-0.25, -0.2) is 14.2 Å². The van der Waals surface area contributed by atoms with Gasteiger partial charge in [0, 0.05) is 6.20 Å². The number of carbonyl (C=O) groups is 3. The fraction of sp³-hybridized carbons (Fsp3) is 0.364. The highest BCUT2D eigenvalue weighted by Crippen LogP contribution is 2.21. The van der Waals surface area contributed by atoms with Gasteiger partial charge in [0.2, 0.25) is 0 Å². The fourth-order valence-corrected chi connectivity index (χ4v) is 2.94. The van der Waals surface area contributed by atoms with E-state index in [1.54, 1.807) is 6.92 Å². The second-order valence-corrected chi connectivity index (χ2v) is 7.54. The number of nitrogens with zero attached hydrogens (tertiary/aromatic N) is 1. The van der Waals surface area contributed by atoms with Gasteiger partial charge in [-0.3, -0.25) is 9.59 Å². The molecule has 0 bridgehead atoms. The number of aromatic nitrogens is 1. The minimum Gasteiger partial charge on any atom is -0.505 e. The van der Waals surface area contributed by atoms with Gasteiger partial charge in [-0.15, -0.1) is 0 Å². The summed E-state index contributed by atoms with van der Waals surface area (Å²) in [5, 5.41) is 12.4. The van der Waals surface area contributed by atoms with E-state index in [1.807, 2.05) is 13.8 Å². The van der Waals surface area contributed by atoms with E-state index in [9.17, 15) is 23.9 Å². The van der Waals surface area contributed by atoms with Crippen molar-refractivity contribution in [3.05, 3.63) is 53.6 Å². The Morgan fingerprint density at radius 1 is 1.09 bits per heavy atom. The van der Waals surface area contributed by atoms with Crippen LogP contribution in [-0.2, 0) is 9.53 Å². The minimum absolute atomic E-state index is 0.0505. The molecule has 1 aromatic heterocycles. The molecule has 32 heavy (non-hydrogen) atoms. The summed E-state index contributed by atoms with van der Waals surface area (Å²) in [7, 11) is 0. The number of aromatic hydroxyl groups is 1. The van der Waals surface area contributed by atoms with Crippen LogP contribution in [0.3, 0.4) is 0 Å². The summed E-state index contributed by atoms with van der Waals surface area (Å²) in [6.07, 6.45) is -0.0957. The average molecular weight is 447 g/mol. The van der Waals surface area contributed by atoms with Crippen LogP contribution in [0, 0.1) is 11.7 Å². The largest absolute Gasteiger partial charge is 0.505 e. The van der Waals surface area contributed by atoms with Crippen LogP contribution in [0.5, 0.6) is 11.5 Å². The van der Waals surface area contributed by atoms with Crippen LogP contribution in [0.15, 0.2) is 36.5 Å². The summed E-state index contributed by atoms with van der Waals surface area (Å²) in [6, 6.07) is 5.54. The molecule has 0 radical (unpaired) electrons. The number of halogens is 1. The molecular weight excluding hydrogens is 421 g/mol. The Bertz CT molecular complexity index is 980. The molecule has 4 N–H and O–H groups in total.